The van der Waals surface area contributed by atoms with E-state index in [2.05, 4.69) is 11.9 Å². The molecule has 0 saturated heterocycles. The quantitative estimate of drug-likeness (QED) is 0.430. The predicted octanol–water partition coefficient (Wildman–Crippen LogP) is 0.865. The first-order valence-corrected chi connectivity index (χ1v) is 2.72. The molecule has 0 saturated carbocycles. The highest BCUT2D eigenvalue weighted by Crippen LogP contribution is 1.86. The van der Waals surface area contributed by atoms with E-state index in [9.17, 15) is 4.79 Å². The van der Waals surface area contributed by atoms with Crippen molar-refractivity contribution in [3.8, 4) is 0 Å². The molecule has 2 heteroatoms. The van der Waals surface area contributed by atoms with Gasteiger partial charge in [0.1, 0.15) is 0 Å². The third-order valence-corrected chi connectivity index (χ3v) is 0.766. The van der Waals surface area contributed by atoms with E-state index >= 15 is 0 Å². The van der Waals surface area contributed by atoms with Gasteiger partial charge in [-0.1, -0.05) is 18.2 Å². The van der Waals surface area contributed by atoms with Crippen molar-refractivity contribution in [2.24, 2.45) is 0 Å². The van der Waals surface area contributed by atoms with Crippen LogP contribution in [0.2, 0.25) is 0 Å². The van der Waals surface area contributed by atoms with Crippen LogP contribution >= 0.6 is 0 Å². The number of hydrogen-bond donors (Lipinski definition) is 1. The molecule has 0 bridgehead atoms. The SMILES string of the molecule is C=C(C)/C=C\C(=O)NC. The molecule has 1 N–H and O–H groups in total. The highest BCUT2D eigenvalue weighted by Gasteiger charge is 1.84. The van der Waals surface area contributed by atoms with Crippen LogP contribution < -0.4 is 5.32 Å². The zero-order valence-electron chi connectivity index (χ0n) is 5.77. The molecule has 1 amide bonds. The smallest absolute Gasteiger partial charge is 0.243 e. The van der Waals surface area contributed by atoms with Crippen LogP contribution in [0, 0.1) is 0 Å². The number of carbonyl (C=O) groups is 1. The van der Waals surface area contributed by atoms with Crippen molar-refractivity contribution in [2.75, 3.05) is 7.05 Å². The van der Waals surface area contributed by atoms with Crippen LogP contribution in [0.25, 0.3) is 0 Å². The summed E-state index contributed by atoms with van der Waals surface area (Å²) in [6, 6.07) is 0. The zero-order chi connectivity index (χ0) is 7.28. The fourth-order valence-electron chi connectivity index (χ4n) is 0.301. The largest absolute Gasteiger partial charge is 0.356 e. The van der Waals surface area contributed by atoms with E-state index in [0.29, 0.717) is 0 Å². The van der Waals surface area contributed by atoms with Gasteiger partial charge >= 0.3 is 0 Å². The minimum atomic E-state index is -0.0991. The number of carbonyl (C=O) groups excluding carboxylic acids is 1. The summed E-state index contributed by atoms with van der Waals surface area (Å²) in [4.78, 5) is 10.5. The normalized spacial score (nSPS) is 9.56. The molecule has 0 atom stereocenters. The lowest BCUT2D eigenvalue weighted by Crippen LogP contribution is -2.13. The van der Waals surface area contributed by atoms with Crippen molar-refractivity contribution in [2.45, 2.75) is 6.92 Å². The van der Waals surface area contributed by atoms with Crippen LogP contribution in [0.1, 0.15) is 6.92 Å². The van der Waals surface area contributed by atoms with E-state index in [0.717, 1.165) is 5.57 Å². The van der Waals surface area contributed by atoms with E-state index in [1.807, 2.05) is 6.92 Å². The number of likely N-dealkylation sites (N-methyl/N-ethyl adjacent to an activating group) is 1. The first-order valence-electron chi connectivity index (χ1n) is 2.72. The molecule has 0 aromatic heterocycles. The molecule has 9 heavy (non-hydrogen) atoms. The van der Waals surface area contributed by atoms with Crippen molar-refractivity contribution < 1.29 is 4.79 Å². The molecule has 0 aromatic carbocycles. The number of rotatable bonds is 2. The summed E-state index contributed by atoms with van der Waals surface area (Å²) in [6.07, 6.45) is 3.11. The second-order valence-electron chi connectivity index (χ2n) is 1.79. The summed E-state index contributed by atoms with van der Waals surface area (Å²) in [5.41, 5.74) is 0.874. The van der Waals surface area contributed by atoms with Gasteiger partial charge in [0.15, 0.2) is 0 Å². The maximum absolute atomic E-state index is 10.5. The van der Waals surface area contributed by atoms with Gasteiger partial charge in [-0.25, -0.2) is 0 Å². The summed E-state index contributed by atoms with van der Waals surface area (Å²) in [5, 5.41) is 2.45. The molecule has 0 aliphatic heterocycles. The molecule has 0 rings (SSSR count). The Labute approximate surface area is 55.3 Å². The molecular weight excluding hydrogens is 114 g/mol. The standard InChI is InChI=1S/C7H11NO/c1-6(2)4-5-7(9)8-3/h4-5H,1H2,2-3H3,(H,8,9)/b5-4-. The van der Waals surface area contributed by atoms with E-state index in [-0.39, 0.29) is 5.91 Å². The van der Waals surface area contributed by atoms with Gasteiger partial charge in [0.2, 0.25) is 5.91 Å². The average Bonchev–Trinajstić information content (AvgIpc) is 1.83. The van der Waals surface area contributed by atoms with Crippen LogP contribution in [-0.4, -0.2) is 13.0 Å². The Kier molecular flexibility index (Phi) is 3.44. The van der Waals surface area contributed by atoms with Crippen molar-refractivity contribution in [3.63, 3.8) is 0 Å². The second kappa shape index (κ2) is 3.89. The number of amides is 1. The molecule has 0 heterocycles. The molecule has 2 nitrogen and oxygen atoms in total. The Morgan fingerprint density at radius 1 is 1.56 bits per heavy atom. The monoisotopic (exact) mass is 125 g/mol. The zero-order valence-corrected chi connectivity index (χ0v) is 5.77. The number of nitrogens with one attached hydrogen (secondary N) is 1. The van der Waals surface area contributed by atoms with Gasteiger partial charge in [0.25, 0.3) is 0 Å². The third kappa shape index (κ3) is 4.81. The first-order chi connectivity index (χ1) is 4.16. The minimum absolute atomic E-state index is 0.0991. The van der Waals surface area contributed by atoms with Crippen LogP contribution in [0.15, 0.2) is 24.3 Å². The average molecular weight is 125 g/mol. The Hall–Kier alpha value is -1.05. The maximum atomic E-state index is 10.5. The lowest BCUT2D eigenvalue weighted by Gasteiger charge is -1.87. The van der Waals surface area contributed by atoms with Crippen LogP contribution in [0.4, 0.5) is 0 Å². The molecule has 50 valence electrons. The highest BCUT2D eigenvalue weighted by atomic mass is 16.1. The second-order valence-corrected chi connectivity index (χ2v) is 1.79. The summed E-state index contributed by atoms with van der Waals surface area (Å²) >= 11 is 0. The highest BCUT2D eigenvalue weighted by molar-refractivity contribution is 5.87. The van der Waals surface area contributed by atoms with Gasteiger partial charge in [-0.3, -0.25) is 4.79 Å². The van der Waals surface area contributed by atoms with Gasteiger partial charge in [-0.15, -0.1) is 0 Å². The van der Waals surface area contributed by atoms with Crippen LogP contribution in [0.5, 0.6) is 0 Å². The fraction of sp³-hybridized carbons (Fsp3) is 0.286. The Balaban J connectivity index is 3.71. The van der Waals surface area contributed by atoms with E-state index in [1.165, 1.54) is 6.08 Å². The Morgan fingerprint density at radius 2 is 2.11 bits per heavy atom. The summed E-state index contributed by atoms with van der Waals surface area (Å²) in [5.74, 6) is -0.0991. The predicted molar refractivity (Wildman–Crippen MR) is 38.0 cm³/mol. The first kappa shape index (κ1) is 7.95. The number of hydrogen-bond acceptors (Lipinski definition) is 1. The molecule has 0 unspecified atom stereocenters. The van der Waals surface area contributed by atoms with Gasteiger partial charge in [-0.05, 0) is 6.92 Å². The third-order valence-electron chi connectivity index (χ3n) is 0.766. The molecule has 0 fully saturated rings. The molecule has 0 spiro atoms. The Bertz CT molecular complexity index is 147. The molecule has 0 aliphatic rings. The minimum Gasteiger partial charge on any atom is -0.356 e. The van der Waals surface area contributed by atoms with Crippen molar-refractivity contribution in [1.82, 2.24) is 5.32 Å². The van der Waals surface area contributed by atoms with Crippen molar-refractivity contribution in [1.29, 1.82) is 0 Å². The summed E-state index contributed by atoms with van der Waals surface area (Å²) < 4.78 is 0. The molecule has 0 aromatic rings. The lowest BCUT2D eigenvalue weighted by molar-refractivity contribution is -0.116. The fourth-order valence-corrected chi connectivity index (χ4v) is 0.301. The van der Waals surface area contributed by atoms with Gasteiger partial charge < -0.3 is 5.32 Å². The van der Waals surface area contributed by atoms with Gasteiger partial charge in [0, 0.05) is 13.1 Å². The van der Waals surface area contributed by atoms with Crippen LogP contribution in [0.3, 0.4) is 0 Å². The molecular formula is C7H11NO. The summed E-state index contributed by atoms with van der Waals surface area (Å²) in [7, 11) is 1.59. The number of allylic oxidation sites excluding steroid dienone is 2. The van der Waals surface area contributed by atoms with E-state index < -0.39 is 0 Å². The topological polar surface area (TPSA) is 29.1 Å². The van der Waals surface area contributed by atoms with Gasteiger partial charge in [-0.2, -0.15) is 0 Å². The lowest BCUT2D eigenvalue weighted by atomic mass is 10.3. The van der Waals surface area contributed by atoms with E-state index in [4.69, 9.17) is 0 Å². The van der Waals surface area contributed by atoms with E-state index in [1.54, 1.807) is 13.1 Å². The van der Waals surface area contributed by atoms with Crippen LogP contribution in [-0.2, 0) is 4.79 Å². The molecule has 0 radical (unpaired) electrons. The van der Waals surface area contributed by atoms with Gasteiger partial charge in [0.05, 0.1) is 0 Å². The van der Waals surface area contributed by atoms with Crippen molar-refractivity contribution >= 4 is 5.91 Å². The maximum Gasteiger partial charge on any atom is 0.243 e. The van der Waals surface area contributed by atoms with Crippen molar-refractivity contribution in [3.05, 3.63) is 24.3 Å². The molecule has 0 aliphatic carbocycles. The summed E-state index contributed by atoms with van der Waals surface area (Å²) in [6.45, 7) is 5.43. The Morgan fingerprint density at radius 3 is 2.44 bits per heavy atom.